The van der Waals surface area contributed by atoms with Crippen molar-refractivity contribution >= 4 is 23.4 Å². The van der Waals surface area contributed by atoms with Crippen molar-refractivity contribution in [3.8, 4) is 0 Å². The molecule has 0 radical (unpaired) electrons. The van der Waals surface area contributed by atoms with Crippen molar-refractivity contribution in [1.29, 1.82) is 0 Å². The number of hydrogen-bond acceptors (Lipinski definition) is 5. The van der Waals surface area contributed by atoms with Gasteiger partial charge in [-0.2, -0.15) is 0 Å². The molecular formula is C22H19FN2O4S. The number of nitrogens with one attached hydrogen (secondary N) is 1. The van der Waals surface area contributed by atoms with Gasteiger partial charge in [0.25, 0.3) is 11.6 Å². The number of ether oxygens (including phenoxy) is 1. The van der Waals surface area contributed by atoms with Gasteiger partial charge in [0.1, 0.15) is 5.82 Å². The predicted octanol–water partition coefficient (Wildman–Crippen LogP) is 4.96. The standard InChI is InChI=1S/C22H19FN2O4S/c1-29-14-16-8-6-15(7-9-16)13-24-22(26)18-12-17(25(27)28)10-11-20(18)30-21-5-3-2-4-19(21)23/h2-12H,13-14H2,1H3,(H,24,26). The minimum Gasteiger partial charge on any atom is -0.380 e. The highest BCUT2D eigenvalue weighted by Crippen LogP contribution is 2.34. The van der Waals surface area contributed by atoms with Crippen LogP contribution >= 0.6 is 11.8 Å². The largest absolute Gasteiger partial charge is 0.380 e. The number of halogens is 1. The van der Waals surface area contributed by atoms with Crippen LogP contribution < -0.4 is 5.32 Å². The molecule has 0 heterocycles. The van der Waals surface area contributed by atoms with Crippen molar-refractivity contribution in [1.82, 2.24) is 5.32 Å². The highest BCUT2D eigenvalue weighted by Gasteiger charge is 2.18. The van der Waals surface area contributed by atoms with E-state index in [0.717, 1.165) is 22.9 Å². The van der Waals surface area contributed by atoms with Gasteiger partial charge in [0.15, 0.2) is 0 Å². The first-order chi connectivity index (χ1) is 14.5. The summed E-state index contributed by atoms with van der Waals surface area (Å²) in [5, 5.41) is 13.9. The number of amides is 1. The summed E-state index contributed by atoms with van der Waals surface area (Å²) in [6.45, 7) is 0.746. The molecule has 0 unspecified atom stereocenters. The Labute approximate surface area is 177 Å². The fourth-order valence-corrected chi connectivity index (χ4v) is 3.69. The van der Waals surface area contributed by atoms with Crippen LogP contribution in [0.25, 0.3) is 0 Å². The lowest BCUT2D eigenvalue weighted by Gasteiger charge is -2.11. The zero-order chi connectivity index (χ0) is 21.5. The van der Waals surface area contributed by atoms with Gasteiger partial charge in [-0.05, 0) is 29.3 Å². The van der Waals surface area contributed by atoms with E-state index in [4.69, 9.17) is 4.74 Å². The summed E-state index contributed by atoms with van der Waals surface area (Å²) >= 11 is 1.05. The van der Waals surface area contributed by atoms with Gasteiger partial charge in [-0.15, -0.1) is 0 Å². The van der Waals surface area contributed by atoms with E-state index in [2.05, 4.69) is 5.32 Å². The molecule has 0 saturated heterocycles. The Kier molecular flexibility index (Phi) is 7.16. The highest BCUT2D eigenvalue weighted by molar-refractivity contribution is 7.99. The number of methoxy groups -OCH3 is 1. The number of nitro benzene ring substituents is 1. The third kappa shape index (κ3) is 5.43. The van der Waals surface area contributed by atoms with Crippen molar-refractivity contribution in [2.45, 2.75) is 22.9 Å². The molecule has 0 aliphatic rings. The number of hydrogen-bond donors (Lipinski definition) is 1. The van der Waals surface area contributed by atoms with E-state index in [9.17, 15) is 19.3 Å². The number of carbonyl (C=O) groups excluding carboxylic acids is 1. The van der Waals surface area contributed by atoms with E-state index in [1.165, 1.54) is 24.3 Å². The quantitative estimate of drug-likeness (QED) is 0.407. The van der Waals surface area contributed by atoms with Crippen molar-refractivity contribution in [2.24, 2.45) is 0 Å². The van der Waals surface area contributed by atoms with Gasteiger partial charge in [0.05, 0.1) is 17.1 Å². The van der Waals surface area contributed by atoms with Crippen LogP contribution in [-0.4, -0.2) is 17.9 Å². The third-order valence-electron chi connectivity index (χ3n) is 4.26. The molecule has 0 aromatic heterocycles. The van der Waals surface area contributed by atoms with E-state index in [0.29, 0.717) is 16.4 Å². The van der Waals surface area contributed by atoms with Crippen LogP contribution in [0.3, 0.4) is 0 Å². The molecule has 8 heteroatoms. The Morgan fingerprint density at radius 3 is 2.43 bits per heavy atom. The maximum absolute atomic E-state index is 14.0. The fraction of sp³-hybridized carbons (Fsp3) is 0.136. The molecule has 1 amide bonds. The minimum absolute atomic E-state index is 0.119. The molecule has 154 valence electrons. The number of rotatable bonds is 8. The molecular weight excluding hydrogens is 407 g/mol. The van der Waals surface area contributed by atoms with Crippen LogP contribution in [0.4, 0.5) is 10.1 Å². The van der Waals surface area contributed by atoms with E-state index in [-0.39, 0.29) is 17.8 Å². The predicted molar refractivity (Wildman–Crippen MR) is 112 cm³/mol. The molecule has 0 atom stereocenters. The molecule has 6 nitrogen and oxygen atoms in total. The topological polar surface area (TPSA) is 81.5 Å². The average Bonchev–Trinajstić information content (AvgIpc) is 2.75. The average molecular weight is 426 g/mol. The number of carbonyl (C=O) groups is 1. The van der Waals surface area contributed by atoms with Crippen LogP contribution in [0.15, 0.2) is 76.5 Å². The zero-order valence-corrected chi connectivity index (χ0v) is 16.9. The Balaban J connectivity index is 1.81. The van der Waals surface area contributed by atoms with Gasteiger partial charge in [0.2, 0.25) is 0 Å². The molecule has 0 aliphatic heterocycles. The molecule has 30 heavy (non-hydrogen) atoms. The Hall–Kier alpha value is -3.23. The van der Waals surface area contributed by atoms with Crippen LogP contribution in [0, 0.1) is 15.9 Å². The van der Waals surface area contributed by atoms with Crippen LogP contribution in [0.5, 0.6) is 0 Å². The Morgan fingerprint density at radius 2 is 1.77 bits per heavy atom. The van der Waals surface area contributed by atoms with Crippen LogP contribution in [-0.2, 0) is 17.9 Å². The molecule has 0 bridgehead atoms. The summed E-state index contributed by atoms with van der Waals surface area (Å²) in [4.78, 5) is 24.1. The van der Waals surface area contributed by atoms with Crippen molar-refractivity contribution in [2.75, 3.05) is 7.11 Å². The number of nitrogens with zero attached hydrogens (tertiary/aromatic N) is 1. The molecule has 3 rings (SSSR count). The van der Waals surface area contributed by atoms with Crippen LogP contribution in [0.1, 0.15) is 21.5 Å². The molecule has 0 saturated carbocycles. The fourth-order valence-electron chi connectivity index (χ4n) is 2.74. The molecule has 1 N–H and O–H groups in total. The zero-order valence-electron chi connectivity index (χ0n) is 16.1. The van der Waals surface area contributed by atoms with Gasteiger partial charge in [-0.25, -0.2) is 4.39 Å². The normalized spacial score (nSPS) is 10.6. The van der Waals surface area contributed by atoms with E-state index >= 15 is 0 Å². The molecule has 3 aromatic carbocycles. The summed E-state index contributed by atoms with van der Waals surface area (Å²) in [5.74, 6) is -0.901. The summed E-state index contributed by atoms with van der Waals surface area (Å²) in [5.41, 5.74) is 1.79. The van der Waals surface area contributed by atoms with Gasteiger partial charge in [-0.1, -0.05) is 48.2 Å². The van der Waals surface area contributed by atoms with Crippen molar-refractivity contribution in [3.05, 3.63) is 99.4 Å². The van der Waals surface area contributed by atoms with Crippen molar-refractivity contribution in [3.63, 3.8) is 0 Å². The first-order valence-corrected chi connectivity index (χ1v) is 9.85. The SMILES string of the molecule is COCc1ccc(CNC(=O)c2cc([N+](=O)[O-])ccc2Sc2ccccc2F)cc1. The second-order valence-electron chi connectivity index (χ2n) is 6.40. The second-order valence-corrected chi connectivity index (χ2v) is 7.49. The lowest BCUT2D eigenvalue weighted by molar-refractivity contribution is -0.384. The van der Waals surface area contributed by atoms with Gasteiger partial charge in [-0.3, -0.25) is 14.9 Å². The molecule has 0 fully saturated rings. The Morgan fingerprint density at radius 1 is 1.07 bits per heavy atom. The monoisotopic (exact) mass is 426 g/mol. The maximum atomic E-state index is 14.0. The summed E-state index contributed by atoms with van der Waals surface area (Å²) in [6, 6.07) is 17.7. The molecule has 0 spiro atoms. The first kappa shape index (κ1) is 21.5. The molecule has 0 aliphatic carbocycles. The van der Waals surface area contributed by atoms with Gasteiger partial charge in [0, 0.05) is 35.6 Å². The molecule has 3 aromatic rings. The summed E-state index contributed by atoms with van der Waals surface area (Å²) in [6.07, 6.45) is 0. The number of nitro groups is 1. The van der Waals surface area contributed by atoms with Gasteiger partial charge >= 0.3 is 0 Å². The maximum Gasteiger partial charge on any atom is 0.270 e. The minimum atomic E-state index is -0.567. The first-order valence-electron chi connectivity index (χ1n) is 9.03. The van der Waals surface area contributed by atoms with E-state index in [1.54, 1.807) is 25.3 Å². The van der Waals surface area contributed by atoms with Crippen LogP contribution in [0.2, 0.25) is 0 Å². The second kappa shape index (κ2) is 10.00. The Bertz CT molecular complexity index is 1060. The van der Waals surface area contributed by atoms with E-state index in [1.807, 2.05) is 24.3 Å². The highest BCUT2D eigenvalue weighted by atomic mass is 32.2. The van der Waals surface area contributed by atoms with Gasteiger partial charge < -0.3 is 10.1 Å². The lowest BCUT2D eigenvalue weighted by Crippen LogP contribution is -2.23. The van der Waals surface area contributed by atoms with Crippen molar-refractivity contribution < 1.29 is 18.8 Å². The number of benzene rings is 3. The van der Waals surface area contributed by atoms with E-state index < -0.39 is 16.6 Å². The third-order valence-corrected chi connectivity index (χ3v) is 5.39. The smallest absolute Gasteiger partial charge is 0.270 e. The summed E-state index contributed by atoms with van der Waals surface area (Å²) < 4.78 is 19.1. The lowest BCUT2D eigenvalue weighted by atomic mass is 10.1. The number of non-ortho nitro benzene ring substituents is 1. The summed E-state index contributed by atoms with van der Waals surface area (Å²) in [7, 11) is 1.62.